The fourth-order valence-electron chi connectivity index (χ4n) is 1.01. The van der Waals surface area contributed by atoms with Crippen molar-refractivity contribution in [2.24, 2.45) is 0 Å². The third-order valence-electron chi connectivity index (χ3n) is 1.76. The Kier molecular flexibility index (Phi) is 4.07. The van der Waals surface area contributed by atoms with Crippen LogP contribution in [0.2, 0.25) is 0 Å². The zero-order chi connectivity index (χ0) is 11.3. The summed E-state index contributed by atoms with van der Waals surface area (Å²) in [6, 6.07) is 6.98. The second kappa shape index (κ2) is 5.11. The van der Waals surface area contributed by atoms with E-state index in [1.807, 2.05) is 0 Å². The van der Waals surface area contributed by atoms with Crippen molar-refractivity contribution >= 4 is 10.4 Å². The van der Waals surface area contributed by atoms with E-state index in [0.29, 0.717) is 11.3 Å². The number of ether oxygens (including phenoxy) is 1. The number of hydrogen-bond acceptors (Lipinski definition) is 5. The molecule has 0 fully saturated rings. The highest BCUT2D eigenvalue weighted by Crippen LogP contribution is 2.18. The van der Waals surface area contributed by atoms with E-state index in [1.165, 1.54) is 7.11 Å². The first-order valence-electron chi connectivity index (χ1n) is 4.16. The second-order valence-corrected chi connectivity index (χ2v) is 4.03. The van der Waals surface area contributed by atoms with Crippen molar-refractivity contribution < 1.29 is 21.5 Å². The van der Waals surface area contributed by atoms with Crippen molar-refractivity contribution in [3.05, 3.63) is 29.8 Å². The van der Waals surface area contributed by atoms with Gasteiger partial charge in [0, 0.05) is 5.56 Å². The lowest BCUT2D eigenvalue weighted by Crippen LogP contribution is -2.07. The van der Waals surface area contributed by atoms with Gasteiger partial charge in [0.2, 0.25) is 0 Å². The third kappa shape index (κ3) is 3.50. The van der Waals surface area contributed by atoms with Crippen LogP contribution in [0.3, 0.4) is 0 Å². The van der Waals surface area contributed by atoms with Gasteiger partial charge in [0.15, 0.2) is 0 Å². The van der Waals surface area contributed by atoms with E-state index in [-0.39, 0.29) is 6.61 Å². The maximum atomic E-state index is 10.9. The minimum absolute atomic E-state index is 0.111. The molecule has 0 aliphatic carbocycles. The first-order chi connectivity index (χ1) is 7.09. The van der Waals surface area contributed by atoms with E-state index in [1.54, 1.807) is 24.3 Å². The van der Waals surface area contributed by atoms with Gasteiger partial charge >= 0.3 is 10.4 Å². The van der Waals surface area contributed by atoms with E-state index >= 15 is 0 Å². The van der Waals surface area contributed by atoms with E-state index in [9.17, 15) is 8.42 Å². The Morgan fingerprint density at radius 1 is 1.20 bits per heavy atom. The van der Waals surface area contributed by atoms with Gasteiger partial charge in [-0.05, 0) is 6.07 Å². The molecule has 0 saturated heterocycles. The molecule has 5 nitrogen and oxygen atoms in total. The summed E-state index contributed by atoms with van der Waals surface area (Å²) in [5.74, 6) is 0.573. The maximum Gasteiger partial charge on any atom is 0.399 e. The lowest BCUT2D eigenvalue weighted by Gasteiger charge is -2.07. The number of rotatable bonds is 5. The van der Waals surface area contributed by atoms with E-state index in [4.69, 9.17) is 4.74 Å². The van der Waals surface area contributed by atoms with Crippen molar-refractivity contribution in [3.8, 4) is 5.75 Å². The lowest BCUT2D eigenvalue weighted by atomic mass is 10.2. The van der Waals surface area contributed by atoms with Crippen LogP contribution >= 0.6 is 0 Å². The summed E-state index contributed by atoms with van der Waals surface area (Å²) in [6.07, 6.45) is 0. The lowest BCUT2D eigenvalue weighted by molar-refractivity contribution is 0.233. The van der Waals surface area contributed by atoms with Crippen molar-refractivity contribution in [1.82, 2.24) is 0 Å². The predicted octanol–water partition coefficient (Wildman–Crippen LogP) is 1.10. The summed E-state index contributed by atoms with van der Waals surface area (Å²) in [7, 11) is -1.36. The molecule has 0 N–H and O–H groups in total. The van der Waals surface area contributed by atoms with Crippen LogP contribution in [0.1, 0.15) is 5.56 Å². The summed E-state index contributed by atoms with van der Waals surface area (Å²) in [5.41, 5.74) is 0.639. The fraction of sp³-hybridized carbons (Fsp3) is 0.333. The monoisotopic (exact) mass is 232 g/mol. The van der Waals surface area contributed by atoms with Crippen molar-refractivity contribution in [1.29, 1.82) is 0 Å². The van der Waals surface area contributed by atoms with Gasteiger partial charge in [-0.15, -0.1) is 0 Å². The van der Waals surface area contributed by atoms with Crippen molar-refractivity contribution in [2.75, 3.05) is 14.2 Å². The second-order valence-electron chi connectivity index (χ2n) is 2.65. The Labute approximate surface area is 88.9 Å². The Morgan fingerprint density at radius 3 is 2.47 bits per heavy atom. The van der Waals surface area contributed by atoms with Crippen LogP contribution in [0.25, 0.3) is 0 Å². The summed E-state index contributed by atoms with van der Waals surface area (Å²) >= 11 is 0. The van der Waals surface area contributed by atoms with Gasteiger partial charge in [-0.25, -0.2) is 4.18 Å². The molecule has 0 atom stereocenters. The highest BCUT2D eigenvalue weighted by atomic mass is 32.3. The van der Waals surface area contributed by atoms with Gasteiger partial charge in [-0.2, -0.15) is 8.42 Å². The minimum atomic E-state index is -3.90. The van der Waals surface area contributed by atoms with Gasteiger partial charge in [-0.3, -0.25) is 4.18 Å². The number of benzene rings is 1. The maximum absolute atomic E-state index is 10.9. The predicted molar refractivity (Wildman–Crippen MR) is 53.7 cm³/mol. The Morgan fingerprint density at radius 2 is 1.87 bits per heavy atom. The largest absolute Gasteiger partial charge is 0.496 e. The first kappa shape index (κ1) is 12.0. The van der Waals surface area contributed by atoms with Crippen molar-refractivity contribution in [3.63, 3.8) is 0 Å². The zero-order valence-electron chi connectivity index (χ0n) is 8.47. The Bertz CT molecular complexity index is 412. The Hall–Kier alpha value is -1.11. The minimum Gasteiger partial charge on any atom is -0.496 e. The molecular formula is C9H12O5S. The Balaban J connectivity index is 2.73. The van der Waals surface area contributed by atoms with Crippen LogP contribution in [-0.2, 0) is 25.4 Å². The quantitative estimate of drug-likeness (QED) is 0.760. The van der Waals surface area contributed by atoms with Gasteiger partial charge in [0.1, 0.15) is 5.75 Å². The normalized spacial score (nSPS) is 11.3. The summed E-state index contributed by atoms with van der Waals surface area (Å²) in [6.45, 7) is -0.111. The molecule has 0 unspecified atom stereocenters. The molecule has 0 saturated carbocycles. The first-order valence-corrected chi connectivity index (χ1v) is 5.49. The zero-order valence-corrected chi connectivity index (χ0v) is 9.28. The molecule has 0 aliphatic heterocycles. The van der Waals surface area contributed by atoms with Gasteiger partial charge in [0.05, 0.1) is 20.8 Å². The van der Waals surface area contributed by atoms with Crippen LogP contribution in [0.4, 0.5) is 0 Å². The number of hydrogen-bond donors (Lipinski definition) is 0. The van der Waals surface area contributed by atoms with Crippen LogP contribution in [0, 0.1) is 0 Å². The molecule has 1 rings (SSSR count). The smallest absolute Gasteiger partial charge is 0.399 e. The van der Waals surface area contributed by atoms with E-state index in [0.717, 1.165) is 7.11 Å². The van der Waals surface area contributed by atoms with Crippen LogP contribution < -0.4 is 4.74 Å². The topological polar surface area (TPSA) is 61.8 Å². The fourth-order valence-corrected chi connectivity index (χ4v) is 1.37. The average molecular weight is 232 g/mol. The van der Waals surface area contributed by atoms with Gasteiger partial charge in [-0.1, -0.05) is 18.2 Å². The molecule has 15 heavy (non-hydrogen) atoms. The molecule has 0 radical (unpaired) electrons. The standard InChI is InChI=1S/C9H12O5S/c1-12-9-6-4-3-5-8(9)7-14-15(10,11)13-2/h3-6H,7H2,1-2H3. The SMILES string of the molecule is COc1ccccc1COS(=O)(=O)OC. The summed E-state index contributed by atoms with van der Waals surface area (Å²) < 4.78 is 35.5. The molecule has 84 valence electrons. The number of methoxy groups -OCH3 is 1. The van der Waals surface area contributed by atoms with Gasteiger partial charge < -0.3 is 4.74 Å². The molecule has 6 heteroatoms. The highest BCUT2D eigenvalue weighted by Gasteiger charge is 2.10. The number of para-hydroxylation sites is 1. The van der Waals surface area contributed by atoms with E-state index in [2.05, 4.69) is 8.37 Å². The average Bonchev–Trinajstić information content (AvgIpc) is 2.27. The third-order valence-corrected chi connectivity index (χ3v) is 2.57. The molecule has 1 aromatic carbocycles. The molecule has 0 bridgehead atoms. The summed E-state index contributed by atoms with van der Waals surface area (Å²) in [4.78, 5) is 0. The summed E-state index contributed by atoms with van der Waals surface area (Å²) in [5, 5.41) is 0. The molecule has 0 amide bonds. The molecule has 1 aromatic rings. The molecule has 0 spiro atoms. The molecule has 0 aromatic heterocycles. The van der Waals surface area contributed by atoms with Crippen LogP contribution in [-0.4, -0.2) is 22.6 Å². The molecule has 0 aliphatic rings. The van der Waals surface area contributed by atoms with Crippen LogP contribution in [0.5, 0.6) is 5.75 Å². The van der Waals surface area contributed by atoms with E-state index < -0.39 is 10.4 Å². The molecule has 0 heterocycles. The molecular weight excluding hydrogens is 220 g/mol. The highest BCUT2D eigenvalue weighted by molar-refractivity contribution is 7.81. The van der Waals surface area contributed by atoms with Crippen LogP contribution in [0.15, 0.2) is 24.3 Å². The van der Waals surface area contributed by atoms with Crippen molar-refractivity contribution in [2.45, 2.75) is 6.61 Å². The van der Waals surface area contributed by atoms with Gasteiger partial charge in [0.25, 0.3) is 0 Å².